The van der Waals surface area contributed by atoms with Crippen LogP contribution in [0.3, 0.4) is 0 Å². The number of sulfone groups is 1. The molecule has 0 unspecified atom stereocenters. The Kier molecular flexibility index (Phi) is 5.04. The fraction of sp³-hybridized carbons (Fsp3) is 0. The molecule has 0 atom stereocenters. The Labute approximate surface area is 158 Å². The average Bonchev–Trinajstić information content (AvgIpc) is 3.07. The minimum Gasteiger partial charge on any atom is -0.279 e. The average molecular weight is 405 g/mol. The second-order valence-electron chi connectivity index (χ2n) is 5.15. The highest BCUT2D eigenvalue weighted by atomic mass is 32.2. The Morgan fingerprint density at radius 2 is 1.56 bits per heavy atom. The molecule has 1 aromatic heterocycles. The first kappa shape index (κ1) is 18.2. The number of hydrogen-bond donors (Lipinski definition) is 1. The summed E-state index contributed by atoms with van der Waals surface area (Å²) in [4.78, 5) is 0.0873. The molecule has 0 fully saturated rings. The summed E-state index contributed by atoms with van der Waals surface area (Å²) in [7, 11) is -7.60. The van der Waals surface area contributed by atoms with E-state index < -0.39 is 19.9 Å². The smallest absolute Gasteiger partial charge is 0.271 e. The summed E-state index contributed by atoms with van der Waals surface area (Å²) in [5.41, 5.74) is 0.411. The zero-order valence-electron chi connectivity index (χ0n) is 12.8. The van der Waals surface area contributed by atoms with Crippen LogP contribution in [0.5, 0.6) is 0 Å². The van der Waals surface area contributed by atoms with Gasteiger partial charge in [0.25, 0.3) is 10.0 Å². The standard InChI is InChI=1S/C16H12NO4S3.Al/c18-23(19,14-9-5-2-6-10-14)15-11-16(22-12-15)24(20,21)17-13-7-3-1-4-8-13;/h1-3,5-12,17H;. The Morgan fingerprint density at radius 1 is 0.840 bits per heavy atom. The number of rotatable bonds is 5. The van der Waals surface area contributed by atoms with Gasteiger partial charge in [0, 0.05) is 11.1 Å². The molecule has 0 saturated heterocycles. The maximum Gasteiger partial charge on any atom is 0.271 e. The minimum atomic E-state index is -3.86. The Bertz CT molecular complexity index is 1110. The number of thiophene rings is 1. The van der Waals surface area contributed by atoms with Crippen molar-refractivity contribution in [2.45, 2.75) is 14.0 Å². The molecule has 9 heteroatoms. The van der Waals surface area contributed by atoms with Crippen LogP contribution in [0.4, 0.5) is 5.69 Å². The van der Waals surface area contributed by atoms with Crippen LogP contribution in [0.1, 0.15) is 0 Å². The van der Waals surface area contributed by atoms with Gasteiger partial charge in [-0.3, -0.25) is 4.72 Å². The first-order valence-corrected chi connectivity index (χ1v) is 11.5. The van der Waals surface area contributed by atoms with Gasteiger partial charge in [-0.15, -0.1) is 15.8 Å². The van der Waals surface area contributed by atoms with E-state index in [2.05, 4.69) is 21.0 Å². The van der Waals surface area contributed by atoms with Crippen LogP contribution < -0.4 is 9.15 Å². The Morgan fingerprint density at radius 3 is 2.24 bits per heavy atom. The zero-order valence-corrected chi connectivity index (χ0v) is 16.4. The summed E-state index contributed by atoms with van der Waals surface area (Å²) in [5.74, 6) is 0. The van der Waals surface area contributed by atoms with E-state index in [0.717, 1.165) is 15.8 Å². The van der Waals surface area contributed by atoms with Gasteiger partial charge in [0.05, 0.1) is 9.79 Å². The number of anilines is 1. The van der Waals surface area contributed by atoms with Gasteiger partial charge in [-0.25, -0.2) is 16.8 Å². The minimum absolute atomic E-state index is 0.0381. The lowest BCUT2D eigenvalue weighted by atomic mass is 10.3. The number of nitrogens with one attached hydrogen (secondary N) is 1. The highest BCUT2D eigenvalue weighted by Crippen LogP contribution is 2.29. The van der Waals surface area contributed by atoms with Crippen LogP contribution in [0, 0.1) is 0 Å². The van der Waals surface area contributed by atoms with E-state index in [1.807, 2.05) is 6.07 Å². The van der Waals surface area contributed by atoms with Gasteiger partial charge in [-0.05, 0) is 24.3 Å². The topological polar surface area (TPSA) is 80.3 Å². The molecule has 0 saturated carbocycles. The van der Waals surface area contributed by atoms with Crippen molar-refractivity contribution in [1.82, 2.24) is 0 Å². The molecular formula is C16H12AlNO4S3. The molecule has 0 bridgehead atoms. The van der Waals surface area contributed by atoms with Crippen LogP contribution in [0.2, 0.25) is 0 Å². The molecule has 2 aromatic carbocycles. The predicted molar refractivity (Wildman–Crippen MR) is 98.9 cm³/mol. The van der Waals surface area contributed by atoms with Crippen molar-refractivity contribution in [2.75, 3.05) is 4.72 Å². The molecule has 0 aliphatic heterocycles. The van der Waals surface area contributed by atoms with Crippen molar-refractivity contribution < 1.29 is 16.8 Å². The van der Waals surface area contributed by atoms with Gasteiger partial charge in [-0.1, -0.05) is 36.4 Å². The highest BCUT2D eigenvalue weighted by Gasteiger charge is 2.23. The Hall–Kier alpha value is -1.63. The number of benzene rings is 2. The third-order valence-corrected chi connectivity index (χ3v) is 8.40. The maximum absolute atomic E-state index is 12.6. The summed E-state index contributed by atoms with van der Waals surface area (Å²) in [6.45, 7) is 0. The zero-order chi connectivity index (χ0) is 18.1. The quantitative estimate of drug-likeness (QED) is 0.660. The van der Waals surface area contributed by atoms with E-state index in [4.69, 9.17) is 0 Å². The van der Waals surface area contributed by atoms with Gasteiger partial charge >= 0.3 is 0 Å². The van der Waals surface area contributed by atoms with Crippen LogP contribution in [-0.2, 0) is 19.9 Å². The monoisotopic (exact) mass is 405 g/mol. The lowest BCUT2D eigenvalue weighted by Gasteiger charge is -2.07. The Balaban J connectivity index is 1.93. The molecule has 25 heavy (non-hydrogen) atoms. The molecule has 0 aliphatic carbocycles. The van der Waals surface area contributed by atoms with Crippen LogP contribution in [0.15, 0.2) is 80.0 Å². The summed E-state index contributed by atoms with van der Waals surface area (Å²) in [6.07, 6.45) is 0. The van der Waals surface area contributed by atoms with Gasteiger partial charge < -0.3 is 0 Å². The molecule has 3 aromatic rings. The van der Waals surface area contributed by atoms with E-state index >= 15 is 0 Å². The molecular weight excluding hydrogens is 393 g/mol. The summed E-state index contributed by atoms with van der Waals surface area (Å²) in [6, 6.07) is 15.9. The SMILES string of the molecule is O=S(=O)(Nc1ccc[c]([Al])c1)c1cc(S(=O)(=O)c2ccccc2)cs1. The van der Waals surface area contributed by atoms with Crippen LogP contribution in [-0.4, -0.2) is 33.1 Å². The van der Waals surface area contributed by atoms with Gasteiger partial charge in [0.2, 0.25) is 9.84 Å². The molecule has 0 amide bonds. The summed E-state index contributed by atoms with van der Waals surface area (Å²) in [5, 5.41) is 1.34. The van der Waals surface area contributed by atoms with Crippen molar-refractivity contribution in [1.29, 1.82) is 0 Å². The van der Waals surface area contributed by atoms with E-state index in [9.17, 15) is 16.8 Å². The van der Waals surface area contributed by atoms with Crippen molar-refractivity contribution in [2.24, 2.45) is 0 Å². The maximum atomic E-state index is 12.6. The number of sulfonamides is 1. The molecule has 126 valence electrons. The molecule has 2 radical (unpaired) electrons. The second kappa shape index (κ2) is 6.94. The van der Waals surface area contributed by atoms with E-state index in [0.29, 0.717) is 5.69 Å². The second-order valence-corrected chi connectivity index (χ2v) is 10.6. The highest BCUT2D eigenvalue weighted by molar-refractivity contribution is 7.95. The third-order valence-electron chi connectivity index (χ3n) is 3.32. The molecule has 5 nitrogen and oxygen atoms in total. The summed E-state index contributed by atoms with van der Waals surface area (Å²) >= 11 is 3.35. The fourth-order valence-electron chi connectivity index (χ4n) is 2.13. The first-order valence-electron chi connectivity index (χ1n) is 7.06. The molecule has 3 rings (SSSR count). The molecule has 0 aliphatic rings. The molecule has 0 spiro atoms. The van der Waals surface area contributed by atoms with Crippen LogP contribution in [0.25, 0.3) is 0 Å². The molecule has 1 N–H and O–H groups in total. The van der Waals surface area contributed by atoms with E-state index in [1.165, 1.54) is 23.6 Å². The molecule has 1 heterocycles. The first-order chi connectivity index (χ1) is 11.8. The predicted octanol–water partition coefficient (Wildman–Crippen LogP) is 2.18. The third kappa shape index (κ3) is 3.97. The summed E-state index contributed by atoms with van der Waals surface area (Å²) < 4.78 is 53.3. The number of hydrogen-bond acceptors (Lipinski definition) is 5. The van der Waals surface area contributed by atoms with E-state index in [1.54, 1.807) is 36.4 Å². The van der Waals surface area contributed by atoms with Crippen LogP contribution >= 0.6 is 11.3 Å². The normalized spacial score (nSPS) is 12.0. The van der Waals surface area contributed by atoms with Crippen molar-refractivity contribution in [3.05, 3.63) is 66.0 Å². The largest absolute Gasteiger partial charge is 0.279 e. The van der Waals surface area contributed by atoms with Gasteiger partial charge in [-0.2, -0.15) is 0 Å². The fourth-order valence-corrected chi connectivity index (χ4v) is 6.37. The van der Waals surface area contributed by atoms with Gasteiger partial charge in [0.1, 0.15) is 4.21 Å². The van der Waals surface area contributed by atoms with Crippen molar-refractivity contribution in [3.63, 3.8) is 0 Å². The van der Waals surface area contributed by atoms with Gasteiger partial charge in [0.15, 0.2) is 16.3 Å². The van der Waals surface area contributed by atoms with E-state index in [-0.39, 0.29) is 14.0 Å². The van der Waals surface area contributed by atoms with Crippen molar-refractivity contribution >= 4 is 57.6 Å². The van der Waals surface area contributed by atoms with Crippen molar-refractivity contribution in [3.8, 4) is 0 Å². The lowest BCUT2D eigenvalue weighted by Crippen LogP contribution is -2.13. The lowest BCUT2D eigenvalue weighted by molar-refractivity contribution is 0.596.